The molecule has 1 aromatic carbocycles. The number of alkyl halides is 2. The van der Waals surface area contributed by atoms with Crippen molar-refractivity contribution in [3.63, 3.8) is 0 Å². The van der Waals surface area contributed by atoms with Gasteiger partial charge >= 0.3 is 0 Å². The summed E-state index contributed by atoms with van der Waals surface area (Å²) in [6, 6.07) is 3.13. The molecule has 0 radical (unpaired) electrons. The van der Waals surface area contributed by atoms with Gasteiger partial charge in [0.1, 0.15) is 11.5 Å². The lowest BCUT2D eigenvalue weighted by Gasteiger charge is -2.45. The first-order valence-electron chi connectivity index (χ1n) is 12.3. The van der Waals surface area contributed by atoms with Crippen molar-refractivity contribution in [1.82, 2.24) is 30.2 Å². The van der Waals surface area contributed by atoms with E-state index in [-0.39, 0.29) is 27.2 Å². The molecular formula is C24H31F2N7O3S2. The summed E-state index contributed by atoms with van der Waals surface area (Å²) in [5.41, 5.74) is 0.623. The van der Waals surface area contributed by atoms with Crippen LogP contribution in [0.15, 0.2) is 17.0 Å². The zero-order valence-electron chi connectivity index (χ0n) is 21.9. The van der Waals surface area contributed by atoms with Crippen molar-refractivity contribution in [2.75, 3.05) is 31.7 Å². The van der Waals surface area contributed by atoms with Gasteiger partial charge in [-0.05, 0) is 52.7 Å². The molecule has 38 heavy (non-hydrogen) atoms. The molecule has 5 rings (SSSR count). The quantitative estimate of drug-likeness (QED) is 0.422. The average Bonchev–Trinajstić information content (AvgIpc) is 3.32. The van der Waals surface area contributed by atoms with Gasteiger partial charge in [-0.1, -0.05) is 11.3 Å². The summed E-state index contributed by atoms with van der Waals surface area (Å²) < 4.78 is 61.9. The first kappa shape index (κ1) is 27.2. The molecule has 10 nitrogen and oxygen atoms in total. The number of anilines is 1. The molecule has 1 aliphatic heterocycles. The molecule has 1 saturated carbocycles. The topological polar surface area (TPSA) is 122 Å². The summed E-state index contributed by atoms with van der Waals surface area (Å²) in [4.78, 5) is 11.3. The fourth-order valence-corrected chi connectivity index (χ4v) is 7.09. The fraction of sp³-hybridized carbons (Fsp3) is 0.583. The third-order valence-corrected chi connectivity index (χ3v) is 9.27. The Hall–Kier alpha value is -2.39. The molecule has 1 saturated heterocycles. The van der Waals surface area contributed by atoms with E-state index in [1.807, 2.05) is 6.92 Å². The predicted molar refractivity (Wildman–Crippen MR) is 141 cm³/mol. The predicted octanol–water partition coefficient (Wildman–Crippen LogP) is 3.43. The number of rotatable bonds is 8. The summed E-state index contributed by atoms with van der Waals surface area (Å²) in [6.07, 6.45) is -1.26. The summed E-state index contributed by atoms with van der Waals surface area (Å²) in [5.74, 6) is 0.407. The van der Waals surface area contributed by atoms with E-state index in [0.717, 1.165) is 24.2 Å². The zero-order chi connectivity index (χ0) is 27.5. The second kappa shape index (κ2) is 9.66. The van der Waals surface area contributed by atoms with Gasteiger partial charge < -0.3 is 15.0 Å². The standard InChI is InChI=1S/C24H31F2N7O3S2/c1-13-27-18-16(19(28-13)21-30-31-22(37-21)20(25)26)8-15(38(34,35)32-24(4)6-7-24)9-17(18)33-10-14(11-36-5)29-23(2,3)12-33/h8-9,14,20,29,32H,6-7,10-12H2,1-5H3/t14-/m1/s1. The van der Waals surface area contributed by atoms with Crippen LogP contribution < -0.4 is 14.9 Å². The van der Waals surface area contributed by atoms with Gasteiger partial charge in [-0.3, -0.25) is 0 Å². The van der Waals surface area contributed by atoms with Crippen LogP contribution in [-0.4, -0.2) is 72.5 Å². The molecule has 1 atom stereocenters. The van der Waals surface area contributed by atoms with Crippen LogP contribution >= 0.6 is 11.3 Å². The lowest BCUT2D eigenvalue weighted by atomic mass is 9.97. The van der Waals surface area contributed by atoms with Crippen molar-refractivity contribution in [3.05, 3.63) is 23.0 Å². The van der Waals surface area contributed by atoms with Gasteiger partial charge in [0.25, 0.3) is 6.43 Å². The molecule has 2 N–H and O–H groups in total. The number of hydrogen-bond acceptors (Lipinski definition) is 10. The number of aryl methyl sites for hydroxylation is 1. The van der Waals surface area contributed by atoms with Crippen LogP contribution in [0.25, 0.3) is 21.6 Å². The lowest BCUT2D eigenvalue weighted by Crippen LogP contribution is -2.63. The Bertz CT molecular complexity index is 1480. The average molecular weight is 568 g/mol. The SMILES string of the molecule is COC[C@H]1CN(c2cc(S(=O)(=O)NC3(C)CC3)cc3c(-c4nnc(C(F)F)s4)nc(C)nc23)CC(C)(C)N1. The third-order valence-electron chi connectivity index (χ3n) is 6.72. The molecule has 206 valence electrons. The third kappa shape index (κ3) is 5.50. The van der Waals surface area contributed by atoms with Crippen LogP contribution in [0, 0.1) is 6.92 Å². The van der Waals surface area contributed by atoms with E-state index in [0.29, 0.717) is 42.1 Å². The van der Waals surface area contributed by atoms with E-state index in [9.17, 15) is 17.2 Å². The molecular weight excluding hydrogens is 536 g/mol. The van der Waals surface area contributed by atoms with Crippen LogP contribution in [0.3, 0.4) is 0 Å². The molecule has 3 heterocycles. The van der Waals surface area contributed by atoms with Gasteiger partial charge in [0.2, 0.25) is 10.0 Å². The minimum Gasteiger partial charge on any atom is -0.383 e. The van der Waals surface area contributed by atoms with Crippen molar-refractivity contribution in [3.8, 4) is 10.7 Å². The molecule has 0 unspecified atom stereocenters. The number of methoxy groups -OCH3 is 1. The molecule has 2 fully saturated rings. The monoisotopic (exact) mass is 567 g/mol. The summed E-state index contributed by atoms with van der Waals surface area (Å²) in [6.45, 7) is 9.30. The Morgan fingerprint density at radius 1 is 1.24 bits per heavy atom. The summed E-state index contributed by atoms with van der Waals surface area (Å²) in [5, 5.41) is 11.3. The van der Waals surface area contributed by atoms with Gasteiger partial charge in [0.15, 0.2) is 10.0 Å². The largest absolute Gasteiger partial charge is 0.383 e. The molecule has 3 aromatic rings. The Labute approximate surface area is 224 Å². The maximum absolute atomic E-state index is 13.5. The minimum atomic E-state index is -3.90. The number of ether oxygens (including phenoxy) is 1. The molecule has 0 spiro atoms. The Balaban J connectivity index is 1.73. The van der Waals surface area contributed by atoms with Gasteiger partial charge in [-0.15, -0.1) is 10.2 Å². The molecule has 2 aromatic heterocycles. The van der Waals surface area contributed by atoms with Crippen molar-refractivity contribution < 1.29 is 21.9 Å². The highest BCUT2D eigenvalue weighted by atomic mass is 32.2. The summed E-state index contributed by atoms with van der Waals surface area (Å²) in [7, 11) is -2.27. The van der Waals surface area contributed by atoms with Crippen LogP contribution in [0.2, 0.25) is 0 Å². The number of piperazine rings is 1. The van der Waals surface area contributed by atoms with Gasteiger partial charge in [0, 0.05) is 42.7 Å². The fourth-order valence-electron chi connectivity index (χ4n) is 4.88. The number of nitrogens with zero attached hydrogens (tertiary/aromatic N) is 5. The smallest absolute Gasteiger partial charge is 0.291 e. The number of nitrogens with one attached hydrogen (secondary N) is 2. The number of halogens is 2. The van der Waals surface area contributed by atoms with E-state index in [4.69, 9.17) is 9.72 Å². The second-order valence-corrected chi connectivity index (χ2v) is 13.6. The number of sulfonamides is 1. The van der Waals surface area contributed by atoms with Gasteiger partial charge in [0.05, 0.1) is 22.7 Å². The van der Waals surface area contributed by atoms with Crippen molar-refractivity contribution in [2.45, 2.75) is 69.0 Å². The van der Waals surface area contributed by atoms with E-state index >= 15 is 0 Å². The molecule has 1 aliphatic carbocycles. The Morgan fingerprint density at radius 3 is 2.61 bits per heavy atom. The van der Waals surface area contributed by atoms with Crippen molar-refractivity contribution in [1.29, 1.82) is 0 Å². The number of aromatic nitrogens is 4. The molecule has 14 heteroatoms. The van der Waals surface area contributed by atoms with Crippen LogP contribution in [-0.2, 0) is 14.8 Å². The van der Waals surface area contributed by atoms with E-state index in [1.165, 1.54) is 6.07 Å². The second-order valence-electron chi connectivity index (χ2n) is 10.9. The molecule has 0 bridgehead atoms. The zero-order valence-corrected chi connectivity index (χ0v) is 23.5. The molecule has 0 amide bonds. The molecule has 2 aliphatic rings. The van der Waals surface area contributed by atoms with Crippen molar-refractivity contribution in [2.24, 2.45) is 0 Å². The van der Waals surface area contributed by atoms with E-state index in [1.54, 1.807) is 20.1 Å². The van der Waals surface area contributed by atoms with Crippen LogP contribution in [0.5, 0.6) is 0 Å². The number of hydrogen-bond donors (Lipinski definition) is 2. The van der Waals surface area contributed by atoms with Gasteiger partial charge in [-0.25, -0.2) is 31.9 Å². The maximum atomic E-state index is 13.5. The number of fused-ring (bicyclic) bond motifs is 1. The maximum Gasteiger partial charge on any atom is 0.291 e. The number of benzene rings is 1. The minimum absolute atomic E-state index is 0.0123. The van der Waals surface area contributed by atoms with Crippen LogP contribution in [0.1, 0.15) is 50.9 Å². The van der Waals surface area contributed by atoms with E-state index in [2.05, 4.69) is 44.0 Å². The first-order valence-corrected chi connectivity index (χ1v) is 14.6. The highest BCUT2D eigenvalue weighted by molar-refractivity contribution is 7.89. The normalized spacial score (nSPS) is 20.8. The lowest BCUT2D eigenvalue weighted by molar-refractivity contribution is 0.140. The Kier molecular flexibility index (Phi) is 6.91. The Morgan fingerprint density at radius 2 is 1.97 bits per heavy atom. The first-order chi connectivity index (χ1) is 17.8. The highest BCUT2D eigenvalue weighted by Crippen LogP contribution is 2.40. The van der Waals surface area contributed by atoms with E-state index < -0.39 is 27.0 Å². The highest BCUT2D eigenvalue weighted by Gasteiger charge is 2.42. The van der Waals surface area contributed by atoms with Crippen molar-refractivity contribution >= 4 is 38.0 Å². The van der Waals surface area contributed by atoms with Gasteiger partial charge in [-0.2, -0.15) is 0 Å². The summed E-state index contributed by atoms with van der Waals surface area (Å²) >= 11 is 0.731. The van der Waals surface area contributed by atoms with Crippen LogP contribution in [0.4, 0.5) is 14.5 Å².